The Balaban J connectivity index is 1.88. The van der Waals surface area contributed by atoms with E-state index in [2.05, 4.69) is 16.3 Å². The van der Waals surface area contributed by atoms with Crippen LogP contribution in [-0.4, -0.2) is 20.5 Å². The van der Waals surface area contributed by atoms with Crippen LogP contribution in [-0.2, 0) is 6.54 Å². The van der Waals surface area contributed by atoms with Crippen molar-refractivity contribution in [3.05, 3.63) is 53.4 Å². The molecule has 1 aromatic carbocycles. The van der Waals surface area contributed by atoms with Crippen molar-refractivity contribution in [1.82, 2.24) is 14.8 Å². The lowest BCUT2D eigenvalue weighted by atomic mass is 10.2. The second kappa shape index (κ2) is 8.04. The van der Waals surface area contributed by atoms with E-state index in [4.69, 9.17) is 21.3 Å². The van der Waals surface area contributed by atoms with Gasteiger partial charge in [0.2, 0.25) is 0 Å². The fraction of sp³-hybridized carbons (Fsp3) is 0.235. The van der Waals surface area contributed by atoms with E-state index in [0.29, 0.717) is 18.0 Å². The van der Waals surface area contributed by atoms with Gasteiger partial charge < -0.3 is 4.42 Å². The monoisotopic (exact) mass is 358 g/mol. The van der Waals surface area contributed by atoms with Gasteiger partial charge in [-0.2, -0.15) is 5.26 Å². The summed E-state index contributed by atoms with van der Waals surface area (Å²) in [4.78, 5) is 0. The lowest BCUT2D eigenvalue weighted by molar-refractivity contribution is 0.485. The number of halogens is 1. The molecule has 0 spiro atoms. The van der Waals surface area contributed by atoms with E-state index in [1.165, 1.54) is 0 Å². The fourth-order valence-electron chi connectivity index (χ4n) is 2.22. The van der Waals surface area contributed by atoms with Crippen molar-refractivity contribution in [2.75, 3.05) is 5.75 Å². The molecule has 122 valence electrons. The Hall–Kier alpha value is -2.23. The number of rotatable bonds is 7. The number of benzene rings is 1. The summed E-state index contributed by atoms with van der Waals surface area (Å²) in [5, 5.41) is 18.8. The van der Waals surface area contributed by atoms with Crippen LogP contribution in [0.4, 0.5) is 0 Å². The van der Waals surface area contributed by atoms with Crippen molar-refractivity contribution in [3.63, 3.8) is 0 Å². The first-order valence-electron chi connectivity index (χ1n) is 7.49. The molecule has 0 N–H and O–H groups in total. The molecule has 0 amide bonds. The van der Waals surface area contributed by atoms with Gasteiger partial charge in [0.15, 0.2) is 11.0 Å². The number of nitriles is 1. The number of aromatic nitrogens is 3. The molecule has 0 aliphatic rings. The van der Waals surface area contributed by atoms with Gasteiger partial charge in [0.25, 0.3) is 0 Å². The zero-order valence-electron chi connectivity index (χ0n) is 12.9. The minimum absolute atomic E-state index is 0.545. The number of furan rings is 1. The summed E-state index contributed by atoms with van der Waals surface area (Å²) in [5.74, 6) is 2.43. The quantitative estimate of drug-likeness (QED) is 0.454. The Morgan fingerprint density at radius 2 is 2.04 bits per heavy atom. The summed E-state index contributed by atoms with van der Waals surface area (Å²) in [7, 11) is 0. The third kappa shape index (κ3) is 3.99. The standard InChI is InChI=1S/C17H15ClN4OS/c18-14-7-5-13(6-8-14)16-20-21-17(24-11-2-1-9-19)22(16)12-15-4-3-10-23-15/h3-8,10H,1-2,11-12H2. The molecule has 3 aromatic rings. The van der Waals surface area contributed by atoms with Crippen LogP contribution < -0.4 is 0 Å². The maximum absolute atomic E-state index is 8.65. The van der Waals surface area contributed by atoms with Crippen molar-refractivity contribution in [2.24, 2.45) is 0 Å². The third-order valence-electron chi connectivity index (χ3n) is 3.38. The average molecular weight is 359 g/mol. The Morgan fingerprint density at radius 1 is 1.21 bits per heavy atom. The Kier molecular flexibility index (Phi) is 5.57. The highest BCUT2D eigenvalue weighted by Gasteiger charge is 2.15. The Labute approximate surface area is 149 Å². The molecule has 7 heteroatoms. The minimum atomic E-state index is 0.545. The Bertz CT molecular complexity index is 821. The van der Waals surface area contributed by atoms with Crippen LogP contribution >= 0.6 is 23.4 Å². The number of hydrogen-bond acceptors (Lipinski definition) is 5. The van der Waals surface area contributed by atoms with Crippen LogP contribution in [0.3, 0.4) is 0 Å². The first-order chi connectivity index (χ1) is 11.8. The Morgan fingerprint density at radius 3 is 2.75 bits per heavy atom. The van der Waals surface area contributed by atoms with Crippen molar-refractivity contribution in [3.8, 4) is 17.5 Å². The molecular weight excluding hydrogens is 344 g/mol. The van der Waals surface area contributed by atoms with Gasteiger partial charge in [-0.15, -0.1) is 10.2 Å². The van der Waals surface area contributed by atoms with Crippen molar-refractivity contribution in [2.45, 2.75) is 24.5 Å². The summed E-state index contributed by atoms with van der Waals surface area (Å²) in [6, 6.07) is 13.5. The molecular formula is C17H15ClN4OS. The highest BCUT2D eigenvalue weighted by Crippen LogP contribution is 2.26. The van der Waals surface area contributed by atoms with Gasteiger partial charge in [-0.25, -0.2) is 0 Å². The van der Waals surface area contributed by atoms with Gasteiger partial charge in [0, 0.05) is 22.8 Å². The molecule has 3 rings (SSSR count). The lowest BCUT2D eigenvalue weighted by Crippen LogP contribution is -2.03. The van der Waals surface area contributed by atoms with E-state index < -0.39 is 0 Å². The molecule has 2 aromatic heterocycles. The zero-order chi connectivity index (χ0) is 16.8. The number of nitrogens with zero attached hydrogens (tertiary/aromatic N) is 4. The lowest BCUT2D eigenvalue weighted by Gasteiger charge is -2.08. The zero-order valence-corrected chi connectivity index (χ0v) is 14.4. The highest BCUT2D eigenvalue weighted by molar-refractivity contribution is 7.99. The van der Waals surface area contributed by atoms with E-state index in [-0.39, 0.29) is 0 Å². The van der Waals surface area contributed by atoms with Gasteiger partial charge in [0.1, 0.15) is 5.76 Å². The molecule has 24 heavy (non-hydrogen) atoms. The summed E-state index contributed by atoms with van der Waals surface area (Å²) in [5.41, 5.74) is 0.947. The number of hydrogen-bond donors (Lipinski definition) is 0. The summed E-state index contributed by atoms with van der Waals surface area (Å²) >= 11 is 7.57. The fourth-order valence-corrected chi connectivity index (χ4v) is 3.23. The van der Waals surface area contributed by atoms with Crippen molar-refractivity contribution in [1.29, 1.82) is 5.26 Å². The molecule has 2 heterocycles. The maximum atomic E-state index is 8.65. The predicted octanol–water partition coefficient (Wildman–Crippen LogP) is 4.64. The van der Waals surface area contributed by atoms with E-state index in [1.54, 1.807) is 18.0 Å². The SMILES string of the molecule is N#CCCCSc1nnc(-c2ccc(Cl)cc2)n1Cc1ccco1. The van der Waals surface area contributed by atoms with Crippen LogP contribution in [0.1, 0.15) is 18.6 Å². The van der Waals surface area contributed by atoms with Gasteiger partial charge >= 0.3 is 0 Å². The van der Waals surface area contributed by atoms with Gasteiger partial charge in [-0.1, -0.05) is 23.4 Å². The van der Waals surface area contributed by atoms with Gasteiger partial charge in [0.05, 0.1) is 18.9 Å². The third-order valence-corrected chi connectivity index (χ3v) is 4.68. The summed E-state index contributed by atoms with van der Waals surface area (Å²) < 4.78 is 7.49. The average Bonchev–Trinajstić information content (AvgIpc) is 3.24. The molecule has 0 atom stereocenters. The normalized spacial score (nSPS) is 10.7. The maximum Gasteiger partial charge on any atom is 0.191 e. The van der Waals surface area contributed by atoms with E-state index >= 15 is 0 Å². The highest BCUT2D eigenvalue weighted by atomic mass is 35.5. The first-order valence-corrected chi connectivity index (χ1v) is 8.85. The largest absolute Gasteiger partial charge is 0.467 e. The molecule has 5 nitrogen and oxygen atoms in total. The minimum Gasteiger partial charge on any atom is -0.467 e. The molecule has 0 aliphatic heterocycles. The molecule has 0 unspecified atom stereocenters. The summed E-state index contributed by atoms with van der Waals surface area (Å²) in [6.07, 6.45) is 3.02. The molecule has 0 aliphatic carbocycles. The van der Waals surface area contributed by atoms with E-state index in [9.17, 15) is 0 Å². The predicted molar refractivity (Wildman–Crippen MR) is 93.8 cm³/mol. The van der Waals surface area contributed by atoms with Crippen LogP contribution in [0.25, 0.3) is 11.4 Å². The van der Waals surface area contributed by atoms with E-state index in [0.717, 1.165) is 34.5 Å². The second-order valence-electron chi connectivity index (χ2n) is 5.09. The van der Waals surface area contributed by atoms with Crippen LogP contribution in [0.5, 0.6) is 0 Å². The topological polar surface area (TPSA) is 67.6 Å². The summed E-state index contributed by atoms with van der Waals surface area (Å²) in [6.45, 7) is 0.554. The second-order valence-corrected chi connectivity index (χ2v) is 6.59. The first kappa shape index (κ1) is 16.6. The number of unbranched alkanes of at least 4 members (excludes halogenated alkanes) is 1. The van der Waals surface area contributed by atoms with Gasteiger partial charge in [-0.3, -0.25) is 4.57 Å². The van der Waals surface area contributed by atoms with Crippen LogP contribution in [0.15, 0.2) is 52.2 Å². The molecule has 0 radical (unpaired) electrons. The molecule has 0 fully saturated rings. The molecule has 0 bridgehead atoms. The van der Waals surface area contributed by atoms with Crippen LogP contribution in [0.2, 0.25) is 5.02 Å². The van der Waals surface area contributed by atoms with Crippen LogP contribution in [0, 0.1) is 11.3 Å². The molecule has 0 saturated carbocycles. The van der Waals surface area contributed by atoms with E-state index in [1.807, 2.05) is 41.0 Å². The smallest absolute Gasteiger partial charge is 0.191 e. The van der Waals surface area contributed by atoms with Crippen molar-refractivity contribution < 1.29 is 4.42 Å². The number of thioether (sulfide) groups is 1. The molecule has 0 saturated heterocycles. The van der Waals surface area contributed by atoms with Crippen molar-refractivity contribution >= 4 is 23.4 Å². The van der Waals surface area contributed by atoms with Gasteiger partial charge in [-0.05, 0) is 42.8 Å².